The van der Waals surface area contributed by atoms with Crippen LogP contribution < -0.4 is 15.8 Å². The molecule has 1 aromatic rings. The molecule has 1 rings (SSSR count). The molecule has 0 aromatic heterocycles. The van der Waals surface area contributed by atoms with Gasteiger partial charge in [0.15, 0.2) is 0 Å². The molecule has 1 unspecified atom stereocenters. The molecule has 4 nitrogen and oxygen atoms in total. The van der Waals surface area contributed by atoms with E-state index in [0.29, 0.717) is 18.8 Å². The highest BCUT2D eigenvalue weighted by Crippen LogP contribution is 2.12. The topological polar surface area (TPSA) is 64.3 Å². The van der Waals surface area contributed by atoms with Crippen LogP contribution in [0.2, 0.25) is 0 Å². The van der Waals surface area contributed by atoms with Gasteiger partial charge in [0, 0.05) is 12.5 Å². The highest BCUT2D eigenvalue weighted by Gasteiger charge is 2.12. The number of carbonyl (C=O) groups excluding carboxylic acids is 1. The summed E-state index contributed by atoms with van der Waals surface area (Å²) in [6.07, 6.45) is 0.447. The van der Waals surface area contributed by atoms with E-state index in [-0.39, 0.29) is 5.82 Å². The van der Waals surface area contributed by atoms with Crippen molar-refractivity contribution in [1.82, 2.24) is 5.32 Å². The third kappa shape index (κ3) is 3.86. The van der Waals surface area contributed by atoms with Crippen molar-refractivity contribution in [3.8, 4) is 5.75 Å². The van der Waals surface area contributed by atoms with Gasteiger partial charge >= 0.3 is 0 Å². The summed E-state index contributed by atoms with van der Waals surface area (Å²) in [5, 5.41) is 2.77. The molecule has 0 bridgehead atoms. The minimum Gasteiger partial charge on any atom is -0.493 e. The lowest BCUT2D eigenvalue weighted by atomic mass is 10.2. The van der Waals surface area contributed by atoms with Gasteiger partial charge in [-0.2, -0.15) is 0 Å². The first-order chi connectivity index (χ1) is 7.63. The lowest BCUT2D eigenvalue weighted by Crippen LogP contribution is -2.40. The Labute approximate surface area is 93.6 Å². The molecule has 16 heavy (non-hydrogen) atoms. The van der Waals surface area contributed by atoms with Crippen LogP contribution in [0.1, 0.15) is 6.42 Å². The first-order valence-corrected chi connectivity index (χ1v) is 4.98. The molecule has 0 aliphatic heterocycles. The molecule has 3 N–H and O–H groups in total. The largest absolute Gasteiger partial charge is 0.493 e. The second-order valence-corrected chi connectivity index (χ2v) is 3.34. The number of amides is 1. The van der Waals surface area contributed by atoms with Gasteiger partial charge in [-0.1, -0.05) is 6.07 Å². The molecule has 1 amide bonds. The minimum absolute atomic E-state index is 0.303. The van der Waals surface area contributed by atoms with Gasteiger partial charge in [-0.3, -0.25) is 4.79 Å². The minimum atomic E-state index is -0.426. The smallest absolute Gasteiger partial charge is 0.234 e. The number of primary amides is 1. The maximum absolute atomic E-state index is 12.8. The van der Waals surface area contributed by atoms with Gasteiger partial charge < -0.3 is 15.8 Å². The Bertz CT molecular complexity index is 358. The van der Waals surface area contributed by atoms with Gasteiger partial charge in [0.2, 0.25) is 5.91 Å². The fraction of sp³-hybridized carbons (Fsp3) is 0.364. The molecule has 0 fully saturated rings. The summed E-state index contributed by atoms with van der Waals surface area (Å²) in [5.74, 6) is -0.331. The molecule has 0 aliphatic rings. The summed E-state index contributed by atoms with van der Waals surface area (Å²) in [6, 6.07) is 5.43. The Morgan fingerprint density at radius 1 is 1.62 bits per heavy atom. The molecule has 0 aliphatic carbocycles. The van der Waals surface area contributed by atoms with Crippen LogP contribution in [0.15, 0.2) is 24.3 Å². The number of likely N-dealkylation sites (N-methyl/N-ethyl adjacent to an activating group) is 1. The Balaban J connectivity index is 2.38. The highest BCUT2D eigenvalue weighted by molar-refractivity contribution is 5.79. The molecular formula is C11H15FN2O2. The van der Waals surface area contributed by atoms with E-state index in [1.807, 2.05) is 0 Å². The van der Waals surface area contributed by atoms with Gasteiger partial charge in [0.1, 0.15) is 11.6 Å². The lowest BCUT2D eigenvalue weighted by molar-refractivity contribution is -0.120. The molecule has 0 spiro atoms. The molecule has 88 valence electrons. The second-order valence-electron chi connectivity index (χ2n) is 3.34. The summed E-state index contributed by atoms with van der Waals surface area (Å²) in [5.41, 5.74) is 5.13. The standard InChI is InChI=1S/C11H15FN2O2/c1-14-10(11(13)15)5-6-16-9-4-2-3-8(12)7-9/h2-4,7,10,14H,5-6H2,1H3,(H2,13,15). The number of nitrogens with one attached hydrogen (secondary N) is 1. The van der Waals surface area contributed by atoms with Crippen LogP contribution in [0.5, 0.6) is 5.75 Å². The van der Waals surface area contributed by atoms with E-state index in [2.05, 4.69) is 5.32 Å². The third-order valence-electron chi connectivity index (χ3n) is 2.16. The molecule has 0 radical (unpaired) electrons. The van der Waals surface area contributed by atoms with Gasteiger partial charge in [-0.15, -0.1) is 0 Å². The lowest BCUT2D eigenvalue weighted by Gasteiger charge is -2.12. The van der Waals surface area contributed by atoms with Crippen LogP contribution in [-0.4, -0.2) is 25.6 Å². The Hall–Kier alpha value is -1.62. The fourth-order valence-electron chi connectivity index (χ4n) is 1.28. The fourth-order valence-corrected chi connectivity index (χ4v) is 1.28. The van der Waals surface area contributed by atoms with Crippen molar-refractivity contribution in [3.63, 3.8) is 0 Å². The molecular weight excluding hydrogens is 211 g/mol. The average Bonchev–Trinajstić information content (AvgIpc) is 2.24. The van der Waals surface area contributed by atoms with Crippen molar-refractivity contribution in [2.24, 2.45) is 5.73 Å². The number of benzene rings is 1. The van der Waals surface area contributed by atoms with E-state index >= 15 is 0 Å². The number of nitrogens with two attached hydrogens (primary N) is 1. The van der Waals surface area contributed by atoms with E-state index in [0.717, 1.165) is 0 Å². The van der Waals surface area contributed by atoms with Crippen molar-refractivity contribution in [2.45, 2.75) is 12.5 Å². The monoisotopic (exact) mass is 226 g/mol. The third-order valence-corrected chi connectivity index (χ3v) is 2.16. The van der Waals surface area contributed by atoms with Crippen LogP contribution in [0.4, 0.5) is 4.39 Å². The Kier molecular flexibility index (Phi) is 4.72. The first-order valence-electron chi connectivity index (χ1n) is 4.98. The molecule has 0 heterocycles. The van der Waals surface area contributed by atoms with Crippen molar-refractivity contribution in [3.05, 3.63) is 30.1 Å². The zero-order valence-corrected chi connectivity index (χ0v) is 9.07. The van der Waals surface area contributed by atoms with Crippen molar-refractivity contribution < 1.29 is 13.9 Å². The molecule has 5 heteroatoms. The van der Waals surface area contributed by atoms with Crippen LogP contribution in [0, 0.1) is 5.82 Å². The highest BCUT2D eigenvalue weighted by atomic mass is 19.1. The summed E-state index contributed by atoms with van der Waals surface area (Å²) in [6.45, 7) is 0.303. The Morgan fingerprint density at radius 2 is 2.38 bits per heavy atom. The predicted molar refractivity (Wildman–Crippen MR) is 58.6 cm³/mol. The first kappa shape index (κ1) is 12.4. The summed E-state index contributed by atoms with van der Waals surface area (Å²) >= 11 is 0. The van der Waals surface area contributed by atoms with E-state index in [4.69, 9.17) is 10.5 Å². The second kappa shape index (κ2) is 6.07. The molecule has 1 aromatic carbocycles. The maximum atomic E-state index is 12.8. The van der Waals surface area contributed by atoms with Gasteiger partial charge in [0.25, 0.3) is 0 Å². The normalized spacial score (nSPS) is 12.1. The number of hydrogen-bond acceptors (Lipinski definition) is 3. The van der Waals surface area contributed by atoms with E-state index in [1.54, 1.807) is 19.2 Å². The Morgan fingerprint density at radius 3 is 2.94 bits per heavy atom. The number of ether oxygens (including phenoxy) is 1. The van der Waals surface area contributed by atoms with Gasteiger partial charge in [-0.25, -0.2) is 4.39 Å². The van der Waals surface area contributed by atoms with E-state index in [9.17, 15) is 9.18 Å². The van der Waals surface area contributed by atoms with Gasteiger partial charge in [0.05, 0.1) is 12.6 Å². The average molecular weight is 226 g/mol. The van der Waals surface area contributed by atoms with Crippen molar-refractivity contribution in [1.29, 1.82) is 0 Å². The quantitative estimate of drug-likeness (QED) is 0.749. The predicted octanol–water partition coefficient (Wildman–Crippen LogP) is 0.668. The maximum Gasteiger partial charge on any atom is 0.234 e. The van der Waals surface area contributed by atoms with Crippen LogP contribution in [-0.2, 0) is 4.79 Å². The van der Waals surface area contributed by atoms with Gasteiger partial charge in [-0.05, 0) is 19.2 Å². The van der Waals surface area contributed by atoms with Crippen LogP contribution >= 0.6 is 0 Å². The SMILES string of the molecule is CNC(CCOc1cccc(F)c1)C(N)=O. The van der Waals surface area contributed by atoms with E-state index in [1.165, 1.54) is 12.1 Å². The number of hydrogen-bond donors (Lipinski definition) is 2. The summed E-state index contributed by atoms with van der Waals surface area (Å²) < 4.78 is 18.1. The summed E-state index contributed by atoms with van der Waals surface area (Å²) in [4.78, 5) is 10.9. The van der Waals surface area contributed by atoms with E-state index < -0.39 is 11.9 Å². The molecule has 0 saturated carbocycles. The van der Waals surface area contributed by atoms with Crippen LogP contribution in [0.25, 0.3) is 0 Å². The summed E-state index contributed by atoms with van der Waals surface area (Å²) in [7, 11) is 1.65. The zero-order chi connectivity index (χ0) is 12.0. The van der Waals surface area contributed by atoms with Crippen LogP contribution in [0.3, 0.4) is 0 Å². The number of rotatable bonds is 6. The van der Waals surface area contributed by atoms with Crippen molar-refractivity contribution >= 4 is 5.91 Å². The zero-order valence-electron chi connectivity index (χ0n) is 9.07. The van der Waals surface area contributed by atoms with Crippen molar-refractivity contribution in [2.75, 3.05) is 13.7 Å². The molecule has 0 saturated heterocycles. The number of halogens is 1. The number of carbonyl (C=O) groups is 1. The molecule has 1 atom stereocenters.